The molecule has 1 aromatic rings. The molecule has 0 aliphatic rings. The molecule has 5 heteroatoms. The van der Waals surface area contributed by atoms with E-state index in [4.69, 9.17) is 0 Å². The Balaban J connectivity index is 2.60. The third-order valence-corrected chi connectivity index (χ3v) is 4.42. The van der Waals surface area contributed by atoms with Gasteiger partial charge < -0.3 is 0 Å². The van der Waals surface area contributed by atoms with Crippen molar-refractivity contribution in [1.29, 1.82) is 0 Å². The average Bonchev–Trinajstić information content (AvgIpc) is 2.25. The van der Waals surface area contributed by atoms with E-state index >= 15 is 0 Å². The molecule has 0 atom stereocenters. The molecule has 3 nitrogen and oxygen atoms in total. The van der Waals surface area contributed by atoms with Crippen molar-refractivity contribution in [1.82, 2.24) is 4.72 Å². The van der Waals surface area contributed by atoms with Crippen LogP contribution in [0.15, 0.2) is 29.2 Å². The number of sulfonamides is 1. The molecule has 0 aliphatic carbocycles. The van der Waals surface area contributed by atoms with Crippen LogP contribution in [0.2, 0.25) is 0 Å². The van der Waals surface area contributed by atoms with E-state index in [2.05, 4.69) is 27.3 Å². The zero-order valence-corrected chi connectivity index (χ0v) is 12.2. The second kappa shape index (κ2) is 6.56. The second-order valence-corrected chi connectivity index (χ2v) is 6.45. The molecule has 0 saturated carbocycles. The van der Waals surface area contributed by atoms with Gasteiger partial charge in [-0.25, -0.2) is 13.1 Å². The predicted octanol–water partition coefficient (Wildman–Crippen LogP) is 2.49. The molecule has 1 N–H and O–H groups in total. The minimum absolute atomic E-state index is 0.340. The first-order chi connectivity index (χ1) is 7.56. The van der Waals surface area contributed by atoms with Crippen LogP contribution in [0, 0.1) is 6.92 Å². The third-order valence-electron chi connectivity index (χ3n) is 2.18. The van der Waals surface area contributed by atoms with E-state index in [-0.39, 0.29) is 0 Å². The summed E-state index contributed by atoms with van der Waals surface area (Å²) in [5.41, 5.74) is 1.06. The quantitative estimate of drug-likeness (QED) is 0.485. The van der Waals surface area contributed by atoms with E-state index in [1.54, 1.807) is 24.3 Å². The van der Waals surface area contributed by atoms with Gasteiger partial charge in [0.15, 0.2) is 0 Å². The molecular formula is C11H16INO2S. The Hall–Kier alpha value is -0.140. The van der Waals surface area contributed by atoms with Crippen molar-refractivity contribution in [2.45, 2.75) is 24.7 Å². The number of aryl methyl sites for hydroxylation is 1. The Kier molecular flexibility index (Phi) is 5.71. The highest BCUT2D eigenvalue weighted by Crippen LogP contribution is 2.09. The van der Waals surface area contributed by atoms with E-state index in [9.17, 15) is 8.42 Å². The molecule has 16 heavy (non-hydrogen) atoms. The van der Waals surface area contributed by atoms with Gasteiger partial charge in [-0.1, -0.05) is 40.3 Å². The summed E-state index contributed by atoms with van der Waals surface area (Å²) in [5.74, 6) is 0. The van der Waals surface area contributed by atoms with Gasteiger partial charge in [0, 0.05) is 6.54 Å². The Morgan fingerprint density at radius 1 is 1.19 bits per heavy atom. The Labute approximate surface area is 111 Å². The zero-order valence-electron chi connectivity index (χ0n) is 9.24. The lowest BCUT2D eigenvalue weighted by molar-refractivity contribution is 0.578. The molecule has 0 amide bonds. The van der Waals surface area contributed by atoms with E-state index in [1.165, 1.54) is 0 Å². The smallest absolute Gasteiger partial charge is 0.211 e. The van der Waals surface area contributed by atoms with Crippen LogP contribution in [0.4, 0.5) is 0 Å². The summed E-state index contributed by atoms with van der Waals surface area (Å²) in [5, 5.41) is 0. The molecule has 0 spiro atoms. The fraction of sp³-hybridized carbons (Fsp3) is 0.455. The second-order valence-electron chi connectivity index (χ2n) is 3.61. The van der Waals surface area contributed by atoms with Gasteiger partial charge in [-0.15, -0.1) is 0 Å². The summed E-state index contributed by atoms with van der Waals surface area (Å²) in [4.78, 5) is 0.340. The lowest BCUT2D eigenvalue weighted by atomic mass is 10.2. The number of unbranched alkanes of at least 4 members (excludes halogenated alkanes) is 1. The van der Waals surface area contributed by atoms with Crippen LogP contribution >= 0.6 is 22.6 Å². The largest absolute Gasteiger partial charge is 0.240 e. The highest BCUT2D eigenvalue weighted by atomic mass is 127. The fourth-order valence-corrected chi connectivity index (χ4v) is 2.84. The first kappa shape index (κ1) is 13.9. The highest BCUT2D eigenvalue weighted by Gasteiger charge is 2.11. The summed E-state index contributed by atoms with van der Waals surface area (Å²) in [6, 6.07) is 6.88. The van der Waals surface area contributed by atoms with Crippen molar-refractivity contribution >= 4 is 32.6 Å². The number of hydrogen-bond acceptors (Lipinski definition) is 2. The first-order valence-corrected chi connectivity index (χ1v) is 8.19. The molecule has 0 radical (unpaired) electrons. The molecule has 0 fully saturated rings. The fourth-order valence-electron chi connectivity index (χ4n) is 1.23. The van der Waals surface area contributed by atoms with Gasteiger partial charge in [0.2, 0.25) is 10.0 Å². The van der Waals surface area contributed by atoms with Crippen LogP contribution < -0.4 is 4.72 Å². The normalized spacial score (nSPS) is 11.6. The number of nitrogens with one attached hydrogen (secondary N) is 1. The Morgan fingerprint density at radius 2 is 1.81 bits per heavy atom. The zero-order chi connectivity index (χ0) is 12.0. The lowest BCUT2D eigenvalue weighted by Gasteiger charge is -2.06. The number of benzene rings is 1. The van der Waals surface area contributed by atoms with Gasteiger partial charge in [-0.2, -0.15) is 0 Å². The van der Waals surface area contributed by atoms with Gasteiger partial charge in [0.1, 0.15) is 0 Å². The average molecular weight is 353 g/mol. The molecule has 0 heterocycles. The summed E-state index contributed by atoms with van der Waals surface area (Å²) >= 11 is 2.29. The molecule has 1 rings (SSSR count). The molecule has 0 unspecified atom stereocenters. The van der Waals surface area contributed by atoms with Gasteiger partial charge in [-0.05, 0) is 36.3 Å². The Bertz CT molecular complexity index is 414. The van der Waals surface area contributed by atoms with Crippen molar-refractivity contribution in [3.63, 3.8) is 0 Å². The van der Waals surface area contributed by atoms with Crippen LogP contribution in [0.1, 0.15) is 18.4 Å². The Morgan fingerprint density at radius 3 is 2.38 bits per heavy atom. The summed E-state index contributed by atoms with van der Waals surface area (Å²) in [6.45, 7) is 2.45. The van der Waals surface area contributed by atoms with Crippen LogP contribution in [-0.4, -0.2) is 19.4 Å². The molecule has 0 aliphatic heterocycles. The van der Waals surface area contributed by atoms with E-state index in [0.717, 1.165) is 22.8 Å². The molecular weight excluding hydrogens is 337 g/mol. The van der Waals surface area contributed by atoms with E-state index in [1.807, 2.05) is 6.92 Å². The monoisotopic (exact) mass is 353 g/mol. The predicted molar refractivity (Wildman–Crippen MR) is 74.5 cm³/mol. The van der Waals surface area contributed by atoms with Crippen LogP contribution in [0.25, 0.3) is 0 Å². The molecule has 1 aromatic carbocycles. The van der Waals surface area contributed by atoms with E-state index < -0.39 is 10.0 Å². The minimum atomic E-state index is -3.31. The van der Waals surface area contributed by atoms with Gasteiger partial charge in [0.25, 0.3) is 0 Å². The van der Waals surface area contributed by atoms with Gasteiger partial charge in [-0.3, -0.25) is 0 Å². The summed E-state index contributed by atoms with van der Waals surface area (Å²) in [7, 11) is -3.31. The van der Waals surface area contributed by atoms with Crippen LogP contribution in [0.3, 0.4) is 0 Å². The SMILES string of the molecule is Cc1ccc(S(=O)(=O)NCCCCI)cc1. The third kappa shape index (κ3) is 4.39. The number of rotatable bonds is 6. The number of alkyl halides is 1. The van der Waals surface area contributed by atoms with Gasteiger partial charge >= 0.3 is 0 Å². The molecule has 0 bridgehead atoms. The lowest BCUT2D eigenvalue weighted by Crippen LogP contribution is -2.24. The van der Waals surface area contributed by atoms with Crippen LogP contribution in [-0.2, 0) is 10.0 Å². The van der Waals surface area contributed by atoms with Crippen molar-refractivity contribution in [3.8, 4) is 0 Å². The number of halogens is 1. The van der Waals surface area contributed by atoms with Crippen molar-refractivity contribution in [2.75, 3.05) is 11.0 Å². The molecule has 0 aromatic heterocycles. The summed E-state index contributed by atoms with van der Waals surface area (Å²) in [6.07, 6.45) is 1.92. The van der Waals surface area contributed by atoms with E-state index in [0.29, 0.717) is 11.4 Å². The first-order valence-electron chi connectivity index (χ1n) is 5.18. The van der Waals surface area contributed by atoms with Crippen molar-refractivity contribution in [3.05, 3.63) is 29.8 Å². The van der Waals surface area contributed by atoms with Gasteiger partial charge in [0.05, 0.1) is 4.90 Å². The van der Waals surface area contributed by atoms with Crippen LogP contribution in [0.5, 0.6) is 0 Å². The topological polar surface area (TPSA) is 46.2 Å². The van der Waals surface area contributed by atoms with Crippen molar-refractivity contribution < 1.29 is 8.42 Å². The minimum Gasteiger partial charge on any atom is -0.211 e. The van der Waals surface area contributed by atoms with Crippen molar-refractivity contribution in [2.24, 2.45) is 0 Å². The molecule has 0 saturated heterocycles. The summed E-state index contributed by atoms with van der Waals surface area (Å²) < 4.78 is 27.2. The maximum absolute atomic E-state index is 11.8. The molecule has 90 valence electrons. The highest BCUT2D eigenvalue weighted by molar-refractivity contribution is 14.1. The maximum atomic E-state index is 11.8. The standard InChI is InChI=1S/C11H16INO2S/c1-10-4-6-11(7-5-10)16(14,15)13-9-3-2-8-12/h4-7,13H,2-3,8-9H2,1H3. The number of hydrogen-bond donors (Lipinski definition) is 1. The maximum Gasteiger partial charge on any atom is 0.240 e.